The van der Waals surface area contributed by atoms with Crippen LogP contribution in [-0.4, -0.2) is 71.7 Å². The van der Waals surface area contributed by atoms with Crippen molar-refractivity contribution in [2.24, 2.45) is 11.3 Å². The maximum absolute atomic E-state index is 12.3. The maximum atomic E-state index is 12.3. The van der Waals surface area contributed by atoms with Crippen LogP contribution < -0.4 is 14.5 Å². The van der Waals surface area contributed by atoms with Gasteiger partial charge in [0.05, 0.1) is 29.3 Å². The van der Waals surface area contributed by atoms with Crippen molar-refractivity contribution in [3.63, 3.8) is 0 Å². The average Bonchev–Trinajstić information content (AvgIpc) is 3.74. The summed E-state index contributed by atoms with van der Waals surface area (Å²) in [6.45, 7) is 4.25. The van der Waals surface area contributed by atoms with Crippen LogP contribution in [-0.2, 0) is 10.0 Å². The van der Waals surface area contributed by atoms with E-state index in [0.717, 1.165) is 61.3 Å². The molecule has 7 rings (SSSR count). The fourth-order valence-corrected chi connectivity index (χ4v) is 6.98. The highest BCUT2D eigenvalue weighted by molar-refractivity contribution is 7.92. The van der Waals surface area contributed by atoms with Crippen molar-refractivity contribution in [1.82, 2.24) is 20.2 Å². The highest BCUT2D eigenvalue weighted by Gasteiger charge is 2.48. The van der Waals surface area contributed by atoms with Crippen LogP contribution in [0.15, 0.2) is 28.7 Å². The van der Waals surface area contributed by atoms with Gasteiger partial charge in [-0.3, -0.25) is 4.72 Å². The molecule has 39 heavy (non-hydrogen) atoms. The second-order valence-corrected chi connectivity index (χ2v) is 13.4. The van der Waals surface area contributed by atoms with Gasteiger partial charge in [-0.1, -0.05) is 0 Å². The predicted molar refractivity (Wildman–Crippen MR) is 147 cm³/mol. The van der Waals surface area contributed by atoms with Crippen LogP contribution in [0.3, 0.4) is 0 Å². The Balaban J connectivity index is 1.21. The predicted octanol–water partition coefficient (Wildman–Crippen LogP) is 3.22. The van der Waals surface area contributed by atoms with Crippen molar-refractivity contribution in [2.75, 3.05) is 46.5 Å². The van der Waals surface area contributed by atoms with Gasteiger partial charge in [0.2, 0.25) is 21.9 Å². The maximum Gasteiger partial charge on any atom is 0.266 e. The topological polar surface area (TPSA) is 138 Å². The van der Waals surface area contributed by atoms with Crippen LogP contribution in [0, 0.1) is 18.3 Å². The molecule has 2 aliphatic carbocycles. The number of rotatable bonds is 8. The lowest BCUT2D eigenvalue weighted by Crippen LogP contribution is -2.34. The Hall–Kier alpha value is -3.25. The van der Waals surface area contributed by atoms with E-state index in [1.807, 2.05) is 25.1 Å². The summed E-state index contributed by atoms with van der Waals surface area (Å²) in [5.74, 6) is 1.82. The summed E-state index contributed by atoms with van der Waals surface area (Å²) in [6.07, 6.45) is 7.22. The number of aryl methyl sites for hydroxylation is 1. The van der Waals surface area contributed by atoms with Crippen LogP contribution >= 0.6 is 0 Å². The van der Waals surface area contributed by atoms with E-state index >= 15 is 0 Å². The summed E-state index contributed by atoms with van der Waals surface area (Å²) < 4.78 is 33.4. The molecule has 1 aromatic carbocycles. The van der Waals surface area contributed by atoms with E-state index in [2.05, 4.69) is 29.7 Å². The van der Waals surface area contributed by atoms with E-state index in [9.17, 15) is 8.42 Å². The van der Waals surface area contributed by atoms with Crippen molar-refractivity contribution in [3.8, 4) is 23.0 Å². The molecule has 1 spiro atoms. The average molecular weight is 552 g/mol. The van der Waals surface area contributed by atoms with Crippen molar-refractivity contribution in [2.45, 2.75) is 51.5 Å². The number of anilines is 3. The summed E-state index contributed by atoms with van der Waals surface area (Å²) in [6, 6.07) is 7.75. The highest BCUT2D eigenvalue weighted by Crippen LogP contribution is 2.54. The van der Waals surface area contributed by atoms with Crippen LogP contribution in [0.2, 0.25) is 0 Å². The Kier molecular flexibility index (Phi) is 5.81. The van der Waals surface area contributed by atoms with Crippen molar-refractivity contribution in [3.05, 3.63) is 30.0 Å². The van der Waals surface area contributed by atoms with Gasteiger partial charge in [-0.05, 0) is 81.0 Å². The van der Waals surface area contributed by atoms with Gasteiger partial charge >= 0.3 is 0 Å². The summed E-state index contributed by atoms with van der Waals surface area (Å²) in [5, 5.41) is 17.9. The van der Waals surface area contributed by atoms with Crippen LogP contribution in [0.25, 0.3) is 23.0 Å². The zero-order valence-corrected chi connectivity index (χ0v) is 22.8. The number of benzene rings is 1. The molecule has 11 nitrogen and oxygen atoms in total. The summed E-state index contributed by atoms with van der Waals surface area (Å²) >= 11 is 0. The SMILES string of the molecule is Cc1cc(-c2nnc(-c3ccc(NS(=O)(=O)CCO)cc3N3CCC4(CC3)CC4)o2)nc(N2CCC3CC32)n1. The molecule has 3 aromatic rings. The minimum absolute atomic E-state index is 0.331. The zero-order valence-electron chi connectivity index (χ0n) is 22.0. The first-order valence-electron chi connectivity index (χ1n) is 13.8. The fraction of sp³-hybridized carbons (Fsp3) is 0.556. The number of hydrogen-bond acceptors (Lipinski definition) is 10. The van der Waals surface area contributed by atoms with Gasteiger partial charge in [0, 0.05) is 31.4 Å². The highest BCUT2D eigenvalue weighted by atomic mass is 32.2. The molecule has 12 heteroatoms. The number of aliphatic hydroxyl groups excluding tert-OH is 1. The number of fused-ring (bicyclic) bond motifs is 1. The van der Waals surface area contributed by atoms with Gasteiger partial charge in [-0.15, -0.1) is 10.2 Å². The minimum atomic E-state index is -3.65. The number of nitrogens with zero attached hydrogens (tertiary/aromatic N) is 6. The monoisotopic (exact) mass is 551 g/mol. The minimum Gasteiger partial charge on any atom is -0.415 e. The number of aliphatic hydroxyl groups is 1. The second-order valence-electron chi connectivity index (χ2n) is 11.5. The lowest BCUT2D eigenvalue weighted by molar-refractivity contribution is 0.320. The van der Waals surface area contributed by atoms with Gasteiger partial charge in [0.1, 0.15) is 5.69 Å². The molecule has 2 atom stereocenters. The molecule has 2 saturated carbocycles. The molecular formula is C27H33N7O4S. The smallest absolute Gasteiger partial charge is 0.266 e. The Labute approximate surface area is 227 Å². The quantitative estimate of drug-likeness (QED) is 0.429. The van der Waals surface area contributed by atoms with Crippen molar-refractivity contribution >= 4 is 27.3 Å². The fourth-order valence-electron chi connectivity index (χ4n) is 6.16. The lowest BCUT2D eigenvalue weighted by Gasteiger charge is -2.35. The number of hydrogen-bond donors (Lipinski definition) is 2. The molecule has 0 amide bonds. The van der Waals surface area contributed by atoms with Crippen LogP contribution in [0.5, 0.6) is 0 Å². The van der Waals surface area contributed by atoms with Crippen LogP contribution in [0.4, 0.5) is 17.3 Å². The van der Waals surface area contributed by atoms with E-state index < -0.39 is 16.6 Å². The summed E-state index contributed by atoms with van der Waals surface area (Å²) in [4.78, 5) is 14.0. The second kappa shape index (κ2) is 9.16. The Morgan fingerprint density at radius 2 is 1.87 bits per heavy atom. The molecule has 4 aliphatic rings. The molecular weight excluding hydrogens is 518 g/mol. The largest absolute Gasteiger partial charge is 0.415 e. The van der Waals surface area contributed by atoms with E-state index in [1.165, 1.54) is 25.7 Å². The standard InChI is InChI=1S/C27H33N7O4S/c1-17-14-21(29-26(28-17)34-9-4-18-15-22(18)34)25-31-30-24(38-25)20-3-2-19(32-39(36,37)13-12-35)16-23(20)33-10-7-27(5-6-27)8-11-33/h2-3,14,16,18,22,32,35H,4-13,15H2,1H3. The molecule has 4 heterocycles. The lowest BCUT2D eigenvalue weighted by atomic mass is 9.93. The van der Waals surface area contributed by atoms with E-state index in [1.54, 1.807) is 6.07 Å². The number of aromatic nitrogens is 4. The Bertz CT molecular complexity index is 1510. The summed E-state index contributed by atoms with van der Waals surface area (Å²) in [7, 11) is -3.65. The van der Waals surface area contributed by atoms with Crippen molar-refractivity contribution < 1.29 is 17.9 Å². The first-order chi connectivity index (χ1) is 18.8. The van der Waals surface area contributed by atoms with Crippen LogP contribution in [0.1, 0.15) is 44.2 Å². The van der Waals surface area contributed by atoms with Crippen molar-refractivity contribution in [1.29, 1.82) is 0 Å². The van der Waals surface area contributed by atoms with Gasteiger partial charge in [0.15, 0.2) is 0 Å². The molecule has 0 bridgehead atoms. The molecule has 2 aromatic heterocycles. The van der Waals surface area contributed by atoms with Gasteiger partial charge < -0.3 is 19.3 Å². The molecule has 2 unspecified atom stereocenters. The Morgan fingerprint density at radius 3 is 2.56 bits per heavy atom. The molecule has 4 fully saturated rings. The van der Waals surface area contributed by atoms with E-state index in [4.69, 9.17) is 14.5 Å². The normalized spacial score (nSPS) is 23.2. The van der Waals surface area contributed by atoms with E-state index in [0.29, 0.717) is 34.6 Å². The number of sulfonamides is 1. The van der Waals surface area contributed by atoms with Gasteiger partial charge in [-0.2, -0.15) is 0 Å². The summed E-state index contributed by atoms with van der Waals surface area (Å²) in [5.41, 5.74) is 3.98. The third-order valence-electron chi connectivity index (χ3n) is 8.75. The third kappa shape index (κ3) is 4.84. The number of nitrogens with one attached hydrogen (secondary N) is 1. The first-order valence-corrected chi connectivity index (χ1v) is 15.4. The van der Waals surface area contributed by atoms with E-state index in [-0.39, 0.29) is 5.75 Å². The van der Waals surface area contributed by atoms with Gasteiger partial charge in [0.25, 0.3) is 5.89 Å². The number of piperidine rings is 2. The third-order valence-corrected chi connectivity index (χ3v) is 10.0. The molecule has 2 N–H and O–H groups in total. The molecule has 206 valence electrons. The Morgan fingerprint density at radius 1 is 1.08 bits per heavy atom. The molecule has 2 aliphatic heterocycles. The molecule has 2 saturated heterocycles. The molecule has 0 radical (unpaired) electrons. The first kappa shape index (κ1) is 24.8. The zero-order chi connectivity index (χ0) is 26.8. The van der Waals surface area contributed by atoms with Gasteiger partial charge in [-0.25, -0.2) is 18.4 Å².